The number of hydrogen-bond acceptors (Lipinski definition) is 6. The number of nitrogens with one attached hydrogen (secondary N) is 1. The van der Waals surface area contributed by atoms with Gasteiger partial charge in [0, 0.05) is 55.8 Å². The van der Waals surface area contributed by atoms with Crippen molar-refractivity contribution in [3.05, 3.63) is 28.6 Å². The maximum absolute atomic E-state index is 12.4. The number of carbonyl (C=O) groups excluding carboxylic acids is 2. The first-order chi connectivity index (χ1) is 14.2. The van der Waals surface area contributed by atoms with Crippen molar-refractivity contribution in [3.63, 3.8) is 0 Å². The second kappa shape index (κ2) is 10.7. The van der Waals surface area contributed by atoms with Crippen LogP contribution in [0.2, 0.25) is 0 Å². The summed E-state index contributed by atoms with van der Waals surface area (Å²) >= 11 is 0. The van der Waals surface area contributed by atoms with Crippen LogP contribution >= 0.6 is 0 Å². The highest BCUT2D eigenvalue weighted by atomic mass is 16.5. The smallest absolute Gasteiger partial charge is 0.340 e. The third-order valence-corrected chi connectivity index (χ3v) is 5.34. The molecule has 1 aromatic heterocycles. The summed E-state index contributed by atoms with van der Waals surface area (Å²) in [6.07, 6.45) is 3.04. The zero-order valence-corrected chi connectivity index (χ0v) is 18.8. The summed E-state index contributed by atoms with van der Waals surface area (Å²) in [4.78, 5) is 26.9. The Kier molecular flexibility index (Phi) is 8.64. The largest absolute Gasteiger partial charge is 0.462 e. The molecule has 168 valence electrons. The second-order valence-corrected chi connectivity index (χ2v) is 7.86. The molecule has 0 spiro atoms. The van der Waals surface area contributed by atoms with Crippen LogP contribution in [0.1, 0.15) is 48.1 Å². The molecule has 1 aliphatic heterocycles. The molecule has 0 unspecified atom stereocenters. The van der Waals surface area contributed by atoms with Gasteiger partial charge in [-0.2, -0.15) is 0 Å². The van der Waals surface area contributed by atoms with E-state index in [1.54, 1.807) is 19.9 Å². The molecule has 0 bridgehead atoms. The molecule has 1 aliphatic rings. The first kappa shape index (κ1) is 24.1. The number of esters is 1. The van der Waals surface area contributed by atoms with E-state index in [9.17, 15) is 14.7 Å². The fourth-order valence-electron chi connectivity index (χ4n) is 3.84. The van der Waals surface area contributed by atoms with E-state index in [-0.39, 0.29) is 25.0 Å². The fraction of sp³-hybridized carbons (Fsp3) is 0.636. The maximum Gasteiger partial charge on any atom is 0.340 e. The Morgan fingerprint density at radius 3 is 2.50 bits per heavy atom. The molecular formula is C22H35N3O5. The lowest BCUT2D eigenvalue weighted by Crippen LogP contribution is -2.51. The zero-order valence-electron chi connectivity index (χ0n) is 18.8. The van der Waals surface area contributed by atoms with Crippen LogP contribution in [0.4, 0.5) is 0 Å². The Hall–Kier alpha value is -2.16. The van der Waals surface area contributed by atoms with Crippen molar-refractivity contribution in [1.29, 1.82) is 0 Å². The Balaban J connectivity index is 2.05. The highest BCUT2D eigenvalue weighted by molar-refractivity contribution is 5.98. The maximum atomic E-state index is 12.4. The van der Waals surface area contributed by atoms with Gasteiger partial charge >= 0.3 is 5.97 Å². The molecule has 1 fully saturated rings. The van der Waals surface area contributed by atoms with E-state index in [0.29, 0.717) is 37.4 Å². The topological polar surface area (TPSA) is 93.0 Å². The minimum atomic E-state index is -1.05. The standard InChI is InChI=1S/C22H35N3O5/c1-6-25-16(3)18(20(17(25)4)21(27)30-7-2)8-9-19(26)23-14-22(5,28)15-24-10-12-29-13-11-24/h8-9,28H,6-7,10-15H2,1-5H3,(H,23,26)/b9-8-/t22-/m0/s1. The molecule has 1 atom stereocenters. The average Bonchev–Trinajstić information content (AvgIpc) is 2.94. The quantitative estimate of drug-likeness (QED) is 0.464. The van der Waals surface area contributed by atoms with Crippen molar-refractivity contribution in [2.24, 2.45) is 0 Å². The number of β-amino-alcohol motifs (C(OH)–C–C–N with tert-alkyl or cyclic N) is 1. The van der Waals surface area contributed by atoms with Gasteiger partial charge < -0.3 is 24.5 Å². The summed E-state index contributed by atoms with van der Waals surface area (Å²) < 4.78 is 12.5. The molecule has 0 radical (unpaired) electrons. The van der Waals surface area contributed by atoms with Crippen LogP contribution in [0.5, 0.6) is 0 Å². The van der Waals surface area contributed by atoms with Gasteiger partial charge in [-0.3, -0.25) is 9.69 Å². The van der Waals surface area contributed by atoms with E-state index in [1.165, 1.54) is 6.08 Å². The van der Waals surface area contributed by atoms with Crippen molar-refractivity contribution in [1.82, 2.24) is 14.8 Å². The Morgan fingerprint density at radius 2 is 1.90 bits per heavy atom. The first-order valence-electron chi connectivity index (χ1n) is 10.5. The predicted octanol–water partition coefficient (Wildman–Crippen LogP) is 1.51. The van der Waals surface area contributed by atoms with Crippen LogP contribution in [-0.4, -0.2) is 78.1 Å². The normalized spacial score (nSPS) is 17.1. The van der Waals surface area contributed by atoms with Gasteiger partial charge in [0.15, 0.2) is 0 Å². The zero-order chi connectivity index (χ0) is 22.3. The molecule has 0 aromatic carbocycles. The van der Waals surface area contributed by atoms with Gasteiger partial charge in [0.1, 0.15) is 0 Å². The molecule has 8 heteroatoms. The van der Waals surface area contributed by atoms with Crippen LogP contribution in [0.3, 0.4) is 0 Å². The van der Waals surface area contributed by atoms with Crippen molar-refractivity contribution in [3.8, 4) is 0 Å². The highest BCUT2D eigenvalue weighted by Gasteiger charge is 2.26. The first-order valence-corrected chi connectivity index (χ1v) is 10.5. The van der Waals surface area contributed by atoms with Crippen molar-refractivity contribution >= 4 is 18.0 Å². The Labute approximate surface area is 178 Å². The van der Waals surface area contributed by atoms with E-state index in [0.717, 1.165) is 24.5 Å². The van der Waals surface area contributed by atoms with Crippen LogP contribution in [0, 0.1) is 13.8 Å². The van der Waals surface area contributed by atoms with Gasteiger partial charge in [0.2, 0.25) is 5.91 Å². The summed E-state index contributed by atoms with van der Waals surface area (Å²) in [5.74, 6) is -0.716. The summed E-state index contributed by atoms with van der Waals surface area (Å²) in [6, 6.07) is 0. The van der Waals surface area contributed by atoms with E-state index < -0.39 is 5.60 Å². The van der Waals surface area contributed by atoms with Crippen LogP contribution in [-0.2, 0) is 20.8 Å². The molecule has 1 aromatic rings. The lowest BCUT2D eigenvalue weighted by atomic mass is 10.1. The molecule has 2 rings (SSSR count). The van der Waals surface area contributed by atoms with Crippen molar-refractivity contribution in [2.45, 2.75) is 46.8 Å². The SMILES string of the molecule is CCOC(=O)c1c(/C=C\C(=O)NC[C@](C)(O)CN2CCOCC2)c(C)n(CC)c1C. The van der Waals surface area contributed by atoms with E-state index in [1.807, 2.05) is 25.3 Å². The number of hydrogen-bond donors (Lipinski definition) is 2. The van der Waals surface area contributed by atoms with Gasteiger partial charge in [0.25, 0.3) is 0 Å². The Bertz CT molecular complexity index is 776. The molecule has 0 aliphatic carbocycles. The van der Waals surface area contributed by atoms with E-state index in [4.69, 9.17) is 9.47 Å². The number of aliphatic hydroxyl groups is 1. The third-order valence-electron chi connectivity index (χ3n) is 5.34. The number of nitrogens with zero attached hydrogens (tertiary/aromatic N) is 2. The molecule has 8 nitrogen and oxygen atoms in total. The van der Waals surface area contributed by atoms with Gasteiger partial charge in [0.05, 0.1) is 31.0 Å². The number of carbonyl (C=O) groups is 2. The number of rotatable bonds is 9. The molecule has 2 N–H and O–H groups in total. The van der Waals surface area contributed by atoms with Crippen LogP contribution in [0.15, 0.2) is 6.08 Å². The van der Waals surface area contributed by atoms with Gasteiger partial charge in [-0.15, -0.1) is 0 Å². The monoisotopic (exact) mass is 421 g/mol. The molecule has 0 saturated carbocycles. The summed E-state index contributed by atoms with van der Waals surface area (Å²) in [5.41, 5.74) is 1.85. The highest BCUT2D eigenvalue weighted by Crippen LogP contribution is 2.25. The second-order valence-electron chi connectivity index (χ2n) is 7.86. The molecular weight excluding hydrogens is 386 g/mol. The van der Waals surface area contributed by atoms with E-state index in [2.05, 4.69) is 10.2 Å². The van der Waals surface area contributed by atoms with Gasteiger partial charge in [-0.1, -0.05) is 0 Å². The summed E-state index contributed by atoms with van der Waals surface area (Å²) in [5, 5.41) is 13.4. The summed E-state index contributed by atoms with van der Waals surface area (Å²) in [7, 11) is 0. The van der Waals surface area contributed by atoms with Gasteiger partial charge in [-0.05, 0) is 40.7 Å². The van der Waals surface area contributed by atoms with Crippen molar-refractivity contribution < 1.29 is 24.2 Å². The molecule has 2 heterocycles. The lowest BCUT2D eigenvalue weighted by molar-refractivity contribution is -0.117. The molecule has 1 saturated heterocycles. The van der Waals surface area contributed by atoms with E-state index >= 15 is 0 Å². The number of ether oxygens (including phenoxy) is 2. The third kappa shape index (κ3) is 6.17. The van der Waals surface area contributed by atoms with Crippen molar-refractivity contribution in [2.75, 3.05) is 46.0 Å². The van der Waals surface area contributed by atoms with Crippen LogP contribution < -0.4 is 5.32 Å². The lowest BCUT2D eigenvalue weighted by Gasteiger charge is -2.33. The average molecular weight is 422 g/mol. The number of aromatic nitrogens is 1. The van der Waals surface area contributed by atoms with Crippen LogP contribution in [0.25, 0.3) is 6.08 Å². The summed E-state index contributed by atoms with van der Waals surface area (Å²) in [6.45, 7) is 13.7. The minimum absolute atomic E-state index is 0.131. The minimum Gasteiger partial charge on any atom is -0.462 e. The number of morpholine rings is 1. The fourth-order valence-corrected chi connectivity index (χ4v) is 3.84. The molecule has 30 heavy (non-hydrogen) atoms. The van der Waals surface area contributed by atoms with Gasteiger partial charge in [-0.25, -0.2) is 4.79 Å². The molecule has 1 amide bonds. The number of amides is 1. The predicted molar refractivity (Wildman–Crippen MR) is 115 cm³/mol. The Morgan fingerprint density at radius 1 is 1.23 bits per heavy atom.